The second kappa shape index (κ2) is 9.09. The Kier molecular flexibility index (Phi) is 7.91. The molecule has 8 heteroatoms. The summed E-state index contributed by atoms with van der Waals surface area (Å²) in [6.45, 7) is 17.1. The van der Waals surface area contributed by atoms with Gasteiger partial charge in [-0.25, -0.2) is 0 Å². The highest BCUT2D eigenvalue weighted by Crippen LogP contribution is 2.27. The minimum absolute atomic E-state index is 0.361. The Labute approximate surface area is 157 Å². The van der Waals surface area contributed by atoms with Gasteiger partial charge in [-0.1, -0.05) is 6.42 Å². The fourth-order valence-corrected chi connectivity index (χ4v) is 17.5. The van der Waals surface area contributed by atoms with Gasteiger partial charge in [0.25, 0.3) is 0 Å². The van der Waals surface area contributed by atoms with Crippen molar-refractivity contribution < 1.29 is 22.4 Å². The zero-order valence-electron chi connectivity index (χ0n) is 17.1. The number of hydrogen-bond donors (Lipinski definition) is 0. The summed E-state index contributed by atoms with van der Waals surface area (Å²) in [6.07, 6.45) is 4.37. The Hall–Kier alpha value is 0.451. The third kappa shape index (κ3) is 10.4. The van der Waals surface area contributed by atoms with Crippen molar-refractivity contribution in [2.24, 2.45) is 0 Å². The molecule has 0 amide bonds. The maximum atomic E-state index is 6.63. The van der Waals surface area contributed by atoms with Gasteiger partial charge in [-0.3, -0.25) is 0 Å². The minimum atomic E-state index is -2.08. The predicted octanol–water partition coefficient (Wildman–Crippen LogP) is 4.12. The first kappa shape index (κ1) is 21.7. The topological polar surface area (TPSA) is 52.8 Å². The molecule has 2 fully saturated rings. The van der Waals surface area contributed by atoms with E-state index in [1.807, 2.05) is 0 Å². The van der Waals surface area contributed by atoms with Crippen molar-refractivity contribution in [3.05, 3.63) is 0 Å². The number of rotatable bonds is 14. The molecule has 2 unspecified atom stereocenters. The summed E-state index contributed by atoms with van der Waals surface area (Å²) in [4.78, 5) is 0. The van der Waals surface area contributed by atoms with Crippen molar-refractivity contribution in [1.29, 1.82) is 0 Å². The van der Waals surface area contributed by atoms with Gasteiger partial charge in [0.05, 0.1) is 25.9 Å². The van der Waals surface area contributed by atoms with Crippen molar-refractivity contribution in [2.45, 2.75) is 82.8 Å². The van der Waals surface area contributed by atoms with Crippen LogP contribution in [0.15, 0.2) is 0 Å². The van der Waals surface area contributed by atoms with E-state index in [0.717, 1.165) is 38.9 Å². The summed E-state index contributed by atoms with van der Waals surface area (Å²) in [5, 5.41) is 0. The summed E-state index contributed by atoms with van der Waals surface area (Å²) in [5.74, 6) is 0. The smallest absolute Gasteiger partial charge is 0.311 e. The Bertz CT molecular complexity index is 409. The molecular formula is C17H38O5Si3. The zero-order chi connectivity index (χ0) is 18.6. The zero-order valence-corrected chi connectivity index (χ0v) is 20.1. The van der Waals surface area contributed by atoms with Gasteiger partial charge < -0.3 is 22.4 Å². The molecule has 2 aliphatic heterocycles. The van der Waals surface area contributed by atoms with E-state index in [9.17, 15) is 0 Å². The van der Waals surface area contributed by atoms with Gasteiger partial charge in [0, 0.05) is 6.61 Å². The average Bonchev–Trinajstić information content (AvgIpc) is 3.30. The Morgan fingerprint density at radius 2 is 1.32 bits per heavy atom. The van der Waals surface area contributed by atoms with Gasteiger partial charge in [0.15, 0.2) is 16.6 Å². The van der Waals surface area contributed by atoms with Gasteiger partial charge in [0.1, 0.15) is 6.10 Å². The second-order valence-corrected chi connectivity index (χ2v) is 21.6. The fraction of sp³-hybridized carbons (Fsp3) is 1.00. The Balaban J connectivity index is 1.64. The first-order valence-electron chi connectivity index (χ1n) is 9.78. The molecule has 0 aromatic carbocycles. The van der Waals surface area contributed by atoms with Crippen LogP contribution in [0.2, 0.25) is 51.4 Å². The lowest BCUT2D eigenvalue weighted by molar-refractivity contribution is 0.116. The number of hydrogen-bond acceptors (Lipinski definition) is 5. The lowest BCUT2D eigenvalue weighted by Gasteiger charge is -2.38. The summed E-state index contributed by atoms with van der Waals surface area (Å²) >= 11 is 0. The van der Waals surface area contributed by atoms with E-state index in [0.29, 0.717) is 12.2 Å². The molecule has 0 spiro atoms. The van der Waals surface area contributed by atoms with Crippen molar-refractivity contribution in [3.8, 4) is 0 Å². The largest absolute Gasteiger partial charge is 0.437 e. The maximum Gasteiger partial charge on any atom is 0.311 e. The third-order valence-electron chi connectivity index (χ3n) is 4.53. The van der Waals surface area contributed by atoms with E-state index in [1.165, 1.54) is 18.9 Å². The SMILES string of the molecule is C[Si](C)(CCCOCC1CO1)O[Si](C)(C)O[Si](C)(C)CCCC1CO1. The molecule has 5 nitrogen and oxygen atoms in total. The van der Waals surface area contributed by atoms with E-state index in [4.69, 9.17) is 22.4 Å². The maximum absolute atomic E-state index is 6.63. The molecule has 0 bridgehead atoms. The molecule has 0 radical (unpaired) electrons. The molecule has 2 aliphatic rings. The Morgan fingerprint density at radius 3 is 1.84 bits per heavy atom. The minimum Gasteiger partial charge on any atom is -0.437 e. The lowest BCUT2D eigenvalue weighted by Crippen LogP contribution is -2.52. The molecule has 0 saturated carbocycles. The highest BCUT2D eigenvalue weighted by atomic mass is 28.5. The molecule has 148 valence electrons. The fourth-order valence-electron chi connectivity index (χ4n) is 3.42. The van der Waals surface area contributed by atoms with Crippen LogP contribution >= 0.6 is 0 Å². The van der Waals surface area contributed by atoms with Gasteiger partial charge in [0.2, 0.25) is 0 Å². The van der Waals surface area contributed by atoms with Crippen molar-refractivity contribution in [2.75, 3.05) is 26.4 Å². The van der Waals surface area contributed by atoms with Crippen LogP contribution in [0, 0.1) is 0 Å². The van der Waals surface area contributed by atoms with Crippen LogP contribution in [0.4, 0.5) is 0 Å². The van der Waals surface area contributed by atoms with Crippen LogP contribution in [-0.4, -0.2) is 63.8 Å². The first-order chi connectivity index (χ1) is 11.6. The molecule has 0 aromatic rings. The van der Waals surface area contributed by atoms with E-state index in [1.54, 1.807) is 0 Å². The molecule has 2 saturated heterocycles. The lowest BCUT2D eigenvalue weighted by atomic mass is 10.3. The molecule has 2 heterocycles. The molecule has 0 aliphatic carbocycles. The summed E-state index contributed by atoms with van der Waals surface area (Å²) in [5.41, 5.74) is 0. The van der Waals surface area contributed by atoms with E-state index < -0.39 is 25.2 Å². The molecule has 2 rings (SSSR count). The van der Waals surface area contributed by atoms with Gasteiger partial charge in [-0.05, 0) is 64.2 Å². The molecule has 25 heavy (non-hydrogen) atoms. The van der Waals surface area contributed by atoms with Crippen molar-refractivity contribution >= 4 is 25.2 Å². The van der Waals surface area contributed by atoms with Crippen LogP contribution in [-0.2, 0) is 22.4 Å². The van der Waals surface area contributed by atoms with Gasteiger partial charge in [-0.15, -0.1) is 0 Å². The van der Waals surface area contributed by atoms with Gasteiger partial charge >= 0.3 is 8.56 Å². The normalized spacial score (nSPS) is 23.8. The Morgan fingerprint density at radius 1 is 0.800 bits per heavy atom. The van der Waals surface area contributed by atoms with E-state index in [-0.39, 0.29) is 0 Å². The van der Waals surface area contributed by atoms with E-state index in [2.05, 4.69) is 39.3 Å². The van der Waals surface area contributed by atoms with Crippen LogP contribution < -0.4 is 0 Å². The van der Waals surface area contributed by atoms with Crippen molar-refractivity contribution in [3.63, 3.8) is 0 Å². The second-order valence-electron chi connectivity index (χ2n) is 9.10. The highest BCUT2D eigenvalue weighted by Gasteiger charge is 2.39. The quantitative estimate of drug-likeness (QED) is 0.247. The average molecular weight is 407 g/mol. The number of ether oxygens (including phenoxy) is 3. The van der Waals surface area contributed by atoms with Gasteiger partial charge in [-0.2, -0.15) is 0 Å². The third-order valence-corrected chi connectivity index (χ3v) is 16.0. The van der Waals surface area contributed by atoms with Crippen molar-refractivity contribution in [1.82, 2.24) is 0 Å². The van der Waals surface area contributed by atoms with E-state index >= 15 is 0 Å². The summed E-state index contributed by atoms with van der Waals surface area (Å²) < 4.78 is 29.4. The summed E-state index contributed by atoms with van der Waals surface area (Å²) in [7, 11) is -5.45. The standard InChI is InChI=1S/C17H38O5Si3/c1-23(2,11-7-9-16-14-19-16)21-25(5,6)22-24(3,4)12-8-10-18-13-17-15-20-17/h16-17H,7-15H2,1-6H3. The predicted molar refractivity (Wildman–Crippen MR) is 108 cm³/mol. The molecule has 0 N–H and O–H groups in total. The van der Waals surface area contributed by atoms with Crippen LogP contribution in [0.25, 0.3) is 0 Å². The molecular weight excluding hydrogens is 368 g/mol. The summed E-state index contributed by atoms with van der Waals surface area (Å²) in [6, 6.07) is 2.32. The van der Waals surface area contributed by atoms with Crippen LogP contribution in [0.5, 0.6) is 0 Å². The molecule has 2 atom stereocenters. The van der Waals surface area contributed by atoms with Crippen LogP contribution in [0.1, 0.15) is 19.3 Å². The monoisotopic (exact) mass is 406 g/mol. The van der Waals surface area contributed by atoms with Crippen LogP contribution in [0.3, 0.4) is 0 Å². The molecule has 0 aromatic heterocycles. The highest BCUT2D eigenvalue weighted by molar-refractivity contribution is 6.87. The first-order valence-corrected chi connectivity index (χ1v) is 18.8. The number of epoxide rings is 2.